The van der Waals surface area contributed by atoms with E-state index in [4.69, 9.17) is 16.7 Å². The van der Waals surface area contributed by atoms with Crippen molar-refractivity contribution in [3.63, 3.8) is 0 Å². The van der Waals surface area contributed by atoms with E-state index in [0.29, 0.717) is 0 Å². The van der Waals surface area contributed by atoms with Crippen LogP contribution in [0.25, 0.3) is 20.8 Å². The molecule has 0 spiro atoms. The van der Waals surface area contributed by atoms with Crippen LogP contribution in [0.15, 0.2) is 24.4 Å². The fourth-order valence-electron chi connectivity index (χ4n) is 1.88. The highest BCUT2D eigenvalue weighted by Gasteiger charge is 2.19. The maximum atomic E-state index is 13.9. The number of amides is 1. The maximum Gasteiger partial charge on any atom is 0.410 e. The van der Waals surface area contributed by atoms with Crippen LogP contribution in [0.3, 0.4) is 0 Å². The molecule has 0 bridgehead atoms. The van der Waals surface area contributed by atoms with Crippen molar-refractivity contribution in [1.29, 1.82) is 0 Å². The Labute approximate surface area is 131 Å². The fourth-order valence-corrected chi connectivity index (χ4v) is 3.27. The SMILES string of the molecule is O=C(O)Nc1ncc(F)c2nc(-c3c(F)cccc3Cl)sc12. The lowest BCUT2D eigenvalue weighted by Gasteiger charge is -2.01. The molecular weight excluding hydrogens is 336 g/mol. The first kappa shape index (κ1) is 14.6. The second kappa shape index (κ2) is 5.47. The largest absolute Gasteiger partial charge is 0.465 e. The van der Waals surface area contributed by atoms with Gasteiger partial charge < -0.3 is 5.11 Å². The van der Waals surface area contributed by atoms with Gasteiger partial charge in [0.05, 0.1) is 16.8 Å². The molecular formula is C13H6ClF2N3O2S. The molecule has 9 heteroatoms. The van der Waals surface area contributed by atoms with Crippen molar-refractivity contribution in [3.8, 4) is 10.6 Å². The Balaban J connectivity index is 2.25. The molecule has 2 aromatic heterocycles. The molecule has 2 N–H and O–H groups in total. The zero-order valence-corrected chi connectivity index (χ0v) is 12.2. The van der Waals surface area contributed by atoms with Gasteiger partial charge in [0.15, 0.2) is 11.6 Å². The number of anilines is 1. The number of halogens is 3. The summed E-state index contributed by atoms with van der Waals surface area (Å²) in [7, 11) is 0. The summed E-state index contributed by atoms with van der Waals surface area (Å²) in [4.78, 5) is 18.4. The van der Waals surface area contributed by atoms with Crippen molar-refractivity contribution < 1.29 is 18.7 Å². The van der Waals surface area contributed by atoms with E-state index in [9.17, 15) is 13.6 Å². The highest BCUT2D eigenvalue weighted by Crippen LogP contribution is 2.38. The highest BCUT2D eigenvalue weighted by atomic mass is 35.5. The smallest absolute Gasteiger partial charge is 0.410 e. The number of nitrogens with one attached hydrogen (secondary N) is 1. The zero-order valence-electron chi connectivity index (χ0n) is 10.6. The molecule has 2 heterocycles. The van der Waals surface area contributed by atoms with Gasteiger partial charge in [0.2, 0.25) is 0 Å². The monoisotopic (exact) mass is 341 g/mol. The molecule has 22 heavy (non-hydrogen) atoms. The summed E-state index contributed by atoms with van der Waals surface area (Å²) in [5.41, 5.74) is -0.0656. The standard InChI is InChI=1S/C13H6ClF2N3O2S/c14-5-2-1-3-6(15)8(5)12-18-9-7(16)4-17-11(10(9)22-12)19-13(20)21/h1-4H,(H,17,19)(H,20,21). The summed E-state index contributed by atoms with van der Waals surface area (Å²) in [6.45, 7) is 0. The van der Waals surface area contributed by atoms with Gasteiger partial charge in [0.25, 0.3) is 0 Å². The molecule has 3 aromatic rings. The van der Waals surface area contributed by atoms with Gasteiger partial charge in [-0.05, 0) is 12.1 Å². The molecule has 0 fully saturated rings. The van der Waals surface area contributed by atoms with Crippen molar-refractivity contribution in [2.75, 3.05) is 5.32 Å². The number of carboxylic acid groups (broad SMARTS) is 1. The number of thiazole rings is 1. The maximum absolute atomic E-state index is 13.9. The molecule has 1 amide bonds. The van der Waals surface area contributed by atoms with Gasteiger partial charge in [0.1, 0.15) is 21.0 Å². The Kier molecular flexibility index (Phi) is 3.63. The average Bonchev–Trinajstić information content (AvgIpc) is 2.87. The van der Waals surface area contributed by atoms with Crippen LogP contribution in [0.5, 0.6) is 0 Å². The number of carbonyl (C=O) groups is 1. The van der Waals surface area contributed by atoms with Crippen LogP contribution >= 0.6 is 22.9 Å². The van der Waals surface area contributed by atoms with Gasteiger partial charge in [-0.3, -0.25) is 5.32 Å². The van der Waals surface area contributed by atoms with Crippen LogP contribution in [-0.2, 0) is 0 Å². The number of rotatable bonds is 2. The molecule has 112 valence electrons. The van der Waals surface area contributed by atoms with Gasteiger partial charge in [-0.2, -0.15) is 0 Å². The first-order valence-electron chi connectivity index (χ1n) is 5.86. The molecule has 0 aliphatic carbocycles. The third kappa shape index (κ3) is 2.46. The molecule has 0 radical (unpaired) electrons. The van der Waals surface area contributed by atoms with Crippen LogP contribution in [-0.4, -0.2) is 21.2 Å². The summed E-state index contributed by atoms with van der Waals surface area (Å²) in [6, 6.07) is 4.13. The minimum Gasteiger partial charge on any atom is -0.465 e. The predicted molar refractivity (Wildman–Crippen MR) is 79.4 cm³/mol. The second-order valence-electron chi connectivity index (χ2n) is 4.18. The summed E-state index contributed by atoms with van der Waals surface area (Å²) in [6.07, 6.45) is -0.501. The van der Waals surface area contributed by atoms with E-state index < -0.39 is 17.7 Å². The molecule has 0 saturated heterocycles. The molecule has 1 aromatic carbocycles. The number of hydrogen-bond donors (Lipinski definition) is 2. The van der Waals surface area contributed by atoms with E-state index in [1.54, 1.807) is 0 Å². The molecule has 5 nitrogen and oxygen atoms in total. The minimum atomic E-state index is -1.35. The average molecular weight is 342 g/mol. The van der Waals surface area contributed by atoms with E-state index >= 15 is 0 Å². The third-order valence-corrected chi connectivity index (χ3v) is 4.17. The lowest BCUT2D eigenvalue weighted by atomic mass is 10.2. The van der Waals surface area contributed by atoms with E-state index in [2.05, 4.69) is 15.3 Å². The molecule has 0 unspecified atom stereocenters. The molecule has 0 atom stereocenters. The van der Waals surface area contributed by atoms with E-state index in [1.807, 2.05) is 0 Å². The summed E-state index contributed by atoms with van der Waals surface area (Å²) < 4.78 is 27.9. The highest BCUT2D eigenvalue weighted by molar-refractivity contribution is 7.22. The summed E-state index contributed by atoms with van der Waals surface area (Å²) in [5.74, 6) is -1.41. The van der Waals surface area contributed by atoms with Crippen molar-refractivity contribution >= 4 is 45.1 Å². The molecule has 0 aliphatic rings. The first-order valence-corrected chi connectivity index (χ1v) is 7.06. The third-order valence-electron chi connectivity index (χ3n) is 2.78. The van der Waals surface area contributed by atoms with Crippen LogP contribution in [0, 0.1) is 11.6 Å². The first-order chi connectivity index (χ1) is 10.5. The van der Waals surface area contributed by atoms with Gasteiger partial charge in [-0.1, -0.05) is 17.7 Å². The summed E-state index contributed by atoms with van der Waals surface area (Å²) >= 11 is 6.86. The molecule has 0 saturated carbocycles. The van der Waals surface area contributed by atoms with Crippen molar-refractivity contribution in [3.05, 3.63) is 41.1 Å². The quantitative estimate of drug-likeness (QED) is 0.725. The van der Waals surface area contributed by atoms with E-state index in [1.165, 1.54) is 18.2 Å². The number of aromatic nitrogens is 2. The number of fused-ring (bicyclic) bond motifs is 1. The van der Waals surface area contributed by atoms with Gasteiger partial charge in [0, 0.05) is 0 Å². The number of hydrogen-bond acceptors (Lipinski definition) is 4. The fraction of sp³-hybridized carbons (Fsp3) is 0. The minimum absolute atomic E-state index is 0.0334. The zero-order chi connectivity index (χ0) is 15.9. The van der Waals surface area contributed by atoms with Crippen molar-refractivity contribution in [2.45, 2.75) is 0 Å². The molecule has 3 rings (SSSR count). The van der Waals surface area contributed by atoms with Gasteiger partial charge >= 0.3 is 6.09 Å². The van der Waals surface area contributed by atoms with Gasteiger partial charge in [-0.15, -0.1) is 11.3 Å². The van der Waals surface area contributed by atoms with Crippen LogP contribution in [0.4, 0.5) is 19.4 Å². The Morgan fingerprint density at radius 2 is 2.09 bits per heavy atom. The number of nitrogens with zero attached hydrogens (tertiary/aromatic N) is 2. The Bertz CT molecular complexity index is 880. The molecule has 0 aliphatic heterocycles. The van der Waals surface area contributed by atoms with E-state index in [0.717, 1.165) is 17.5 Å². The van der Waals surface area contributed by atoms with E-state index in [-0.39, 0.29) is 31.6 Å². The Morgan fingerprint density at radius 3 is 2.77 bits per heavy atom. The lowest BCUT2D eigenvalue weighted by molar-refractivity contribution is 0.209. The summed E-state index contributed by atoms with van der Waals surface area (Å²) in [5, 5.41) is 11.1. The normalized spacial score (nSPS) is 10.9. The predicted octanol–water partition coefficient (Wildman–Crippen LogP) is 4.38. The lowest BCUT2D eigenvalue weighted by Crippen LogP contribution is -2.08. The van der Waals surface area contributed by atoms with Crippen molar-refractivity contribution in [1.82, 2.24) is 9.97 Å². The topological polar surface area (TPSA) is 75.1 Å². The van der Waals surface area contributed by atoms with Gasteiger partial charge in [-0.25, -0.2) is 23.5 Å². The Hall–Kier alpha value is -2.32. The van der Waals surface area contributed by atoms with Crippen molar-refractivity contribution in [2.24, 2.45) is 0 Å². The second-order valence-corrected chi connectivity index (χ2v) is 5.58. The van der Waals surface area contributed by atoms with Crippen LogP contribution < -0.4 is 5.32 Å². The Morgan fingerprint density at radius 1 is 1.32 bits per heavy atom. The van der Waals surface area contributed by atoms with Crippen LogP contribution in [0.1, 0.15) is 0 Å². The number of benzene rings is 1. The van der Waals surface area contributed by atoms with Crippen LogP contribution in [0.2, 0.25) is 5.02 Å². The number of pyridine rings is 1.